The molecule has 0 aliphatic carbocycles. The van der Waals surface area contributed by atoms with Crippen molar-refractivity contribution in [1.82, 2.24) is 0 Å². The van der Waals surface area contributed by atoms with Gasteiger partial charge in [-0.3, -0.25) is 0 Å². The number of aryl methyl sites for hydroxylation is 2. The minimum Gasteiger partial charge on any atom is -0.508 e. The van der Waals surface area contributed by atoms with Crippen LogP contribution < -0.4 is 0 Å². The molecule has 1 N–H and O–H groups in total. The number of hydrogen-bond acceptors (Lipinski definition) is 1. The van der Waals surface area contributed by atoms with Crippen molar-refractivity contribution in [3.63, 3.8) is 0 Å². The van der Waals surface area contributed by atoms with E-state index in [0.29, 0.717) is 5.75 Å². The minimum atomic E-state index is 0.408. The van der Waals surface area contributed by atoms with Crippen LogP contribution in [0.2, 0.25) is 0 Å². The van der Waals surface area contributed by atoms with Gasteiger partial charge in [-0.1, -0.05) is 45.6 Å². The van der Waals surface area contributed by atoms with E-state index < -0.39 is 0 Å². The molecule has 1 aromatic rings. The molecule has 16 heavy (non-hydrogen) atoms. The molecule has 1 rings (SSSR count). The summed E-state index contributed by atoms with van der Waals surface area (Å²) in [5.74, 6) is 0.408. The number of hydrogen-bond donors (Lipinski definition) is 1. The lowest BCUT2D eigenvalue weighted by molar-refractivity contribution is 0.474. The zero-order chi connectivity index (χ0) is 11.8. The third kappa shape index (κ3) is 4.26. The van der Waals surface area contributed by atoms with Crippen molar-refractivity contribution in [2.45, 2.75) is 58.8 Å². The van der Waals surface area contributed by atoms with Crippen molar-refractivity contribution in [2.24, 2.45) is 0 Å². The van der Waals surface area contributed by atoms with E-state index in [2.05, 4.69) is 19.9 Å². The monoisotopic (exact) mass is 220 g/mol. The number of aromatic hydroxyl groups is 1. The molecule has 0 saturated heterocycles. The molecule has 0 aliphatic heterocycles. The van der Waals surface area contributed by atoms with Crippen LogP contribution in [-0.2, 0) is 12.8 Å². The Balaban J connectivity index is 2.57. The minimum absolute atomic E-state index is 0.408. The molecular formula is C15H24O. The van der Waals surface area contributed by atoms with E-state index in [1.54, 1.807) is 6.07 Å². The molecule has 90 valence electrons. The molecule has 0 fully saturated rings. The zero-order valence-corrected chi connectivity index (χ0v) is 10.6. The highest BCUT2D eigenvalue weighted by atomic mass is 16.3. The van der Waals surface area contributed by atoms with Crippen molar-refractivity contribution >= 4 is 0 Å². The van der Waals surface area contributed by atoms with Gasteiger partial charge in [-0.05, 0) is 42.5 Å². The molecule has 0 amide bonds. The molecule has 0 radical (unpaired) electrons. The Morgan fingerprint density at radius 3 is 2.38 bits per heavy atom. The van der Waals surface area contributed by atoms with Crippen LogP contribution in [0.5, 0.6) is 5.75 Å². The number of phenolic OH excluding ortho intramolecular Hbond substituents is 1. The van der Waals surface area contributed by atoms with E-state index in [4.69, 9.17) is 0 Å². The van der Waals surface area contributed by atoms with Crippen LogP contribution in [0.4, 0.5) is 0 Å². The molecule has 0 spiro atoms. The second kappa shape index (κ2) is 7.32. The lowest BCUT2D eigenvalue weighted by atomic mass is 9.98. The molecule has 0 bridgehead atoms. The highest BCUT2D eigenvalue weighted by Gasteiger charge is 2.03. The molecule has 1 nitrogen and oxygen atoms in total. The Morgan fingerprint density at radius 1 is 0.875 bits per heavy atom. The average molecular weight is 220 g/mol. The Hall–Kier alpha value is -0.980. The SMILES string of the molecule is CCCCCCc1cc(O)ccc1CCC. The first kappa shape index (κ1) is 13.1. The van der Waals surface area contributed by atoms with E-state index in [0.717, 1.165) is 12.8 Å². The van der Waals surface area contributed by atoms with E-state index in [-0.39, 0.29) is 0 Å². The average Bonchev–Trinajstić information content (AvgIpc) is 2.28. The molecule has 0 aliphatic rings. The largest absolute Gasteiger partial charge is 0.508 e. The van der Waals surface area contributed by atoms with Gasteiger partial charge in [0.1, 0.15) is 5.75 Å². The fourth-order valence-electron chi connectivity index (χ4n) is 2.10. The van der Waals surface area contributed by atoms with Crippen molar-refractivity contribution in [3.8, 4) is 5.75 Å². The molecule has 0 unspecified atom stereocenters. The van der Waals surface area contributed by atoms with Gasteiger partial charge >= 0.3 is 0 Å². The standard InChI is InChI=1S/C15H24O/c1-3-5-6-7-9-14-12-15(16)11-10-13(14)8-4-2/h10-12,16H,3-9H2,1-2H3. The number of rotatable bonds is 7. The maximum absolute atomic E-state index is 9.51. The Kier molecular flexibility index (Phi) is 5.99. The van der Waals surface area contributed by atoms with Crippen LogP contribution in [0.15, 0.2) is 18.2 Å². The Labute approximate surface area is 99.5 Å². The molecule has 0 heterocycles. The summed E-state index contributed by atoms with van der Waals surface area (Å²) in [6, 6.07) is 5.82. The number of benzene rings is 1. The van der Waals surface area contributed by atoms with E-state index in [1.165, 1.54) is 43.2 Å². The predicted molar refractivity (Wildman–Crippen MR) is 69.9 cm³/mol. The van der Waals surface area contributed by atoms with Crippen LogP contribution >= 0.6 is 0 Å². The van der Waals surface area contributed by atoms with Crippen LogP contribution in [-0.4, -0.2) is 5.11 Å². The first-order chi connectivity index (χ1) is 7.77. The topological polar surface area (TPSA) is 20.2 Å². The van der Waals surface area contributed by atoms with Crippen molar-refractivity contribution < 1.29 is 5.11 Å². The van der Waals surface area contributed by atoms with Gasteiger partial charge in [-0.15, -0.1) is 0 Å². The van der Waals surface area contributed by atoms with Gasteiger partial charge in [0, 0.05) is 0 Å². The van der Waals surface area contributed by atoms with Crippen molar-refractivity contribution in [2.75, 3.05) is 0 Å². The van der Waals surface area contributed by atoms with Crippen LogP contribution in [0.25, 0.3) is 0 Å². The summed E-state index contributed by atoms with van der Waals surface area (Å²) in [6.07, 6.45) is 8.56. The van der Waals surface area contributed by atoms with Crippen LogP contribution in [0.1, 0.15) is 57.1 Å². The maximum Gasteiger partial charge on any atom is 0.115 e. The fourth-order valence-corrected chi connectivity index (χ4v) is 2.10. The predicted octanol–water partition coefficient (Wildman–Crippen LogP) is 4.47. The van der Waals surface area contributed by atoms with Gasteiger partial charge in [0.15, 0.2) is 0 Å². The summed E-state index contributed by atoms with van der Waals surface area (Å²) in [5.41, 5.74) is 2.76. The summed E-state index contributed by atoms with van der Waals surface area (Å²) in [7, 11) is 0. The third-order valence-corrected chi connectivity index (χ3v) is 3.01. The molecule has 0 atom stereocenters. The summed E-state index contributed by atoms with van der Waals surface area (Å²) in [4.78, 5) is 0. The van der Waals surface area contributed by atoms with Crippen molar-refractivity contribution in [1.29, 1.82) is 0 Å². The second-order valence-corrected chi connectivity index (χ2v) is 4.51. The maximum atomic E-state index is 9.51. The summed E-state index contributed by atoms with van der Waals surface area (Å²) < 4.78 is 0. The highest BCUT2D eigenvalue weighted by molar-refractivity contribution is 5.35. The number of phenols is 1. The van der Waals surface area contributed by atoms with Crippen LogP contribution in [0.3, 0.4) is 0 Å². The molecule has 1 aromatic carbocycles. The molecular weight excluding hydrogens is 196 g/mol. The zero-order valence-electron chi connectivity index (χ0n) is 10.6. The second-order valence-electron chi connectivity index (χ2n) is 4.51. The highest BCUT2D eigenvalue weighted by Crippen LogP contribution is 2.20. The van der Waals surface area contributed by atoms with E-state index >= 15 is 0 Å². The smallest absolute Gasteiger partial charge is 0.115 e. The van der Waals surface area contributed by atoms with Gasteiger partial charge in [0.05, 0.1) is 0 Å². The van der Waals surface area contributed by atoms with E-state index in [9.17, 15) is 5.11 Å². The number of unbranched alkanes of at least 4 members (excludes halogenated alkanes) is 3. The van der Waals surface area contributed by atoms with Gasteiger partial charge in [0.25, 0.3) is 0 Å². The summed E-state index contributed by atoms with van der Waals surface area (Å²) in [5, 5.41) is 9.51. The quantitative estimate of drug-likeness (QED) is 0.672. The van der Waals surface area contributed by atoms with Gasteiger partial charge in [0.2, 0.25) is 0 Å². The normalized spacial score (nSPS) is 10.6. The lowest BCUT2D eigenvalue weighted by Crippen LogP contribution is -1.94. The lowest BCUT2D eigenvalue weighted by Gasteiger charge is -2.09. The molecule has 1 heteroatoms. The summed E-state index contributed by atoms with van der Waals surface area (Å²) in [6.45, 7) is 4.44. The summed E-state index contributed by atoms with van der Waals surface area (Å²) >= 11 is 0. The van der Waals surface area contributed by atoms with Gasteiger partial charge in [-0.25, -0.2) is 0 Å². The first-order valence-corrected chi connectivity index (χ1v) is 6.58. The Morgan fingerprint density at radius 2 is 1.69 bits per heavy atom. The van der Waals surface area contributed by atoms with Gasteiger partial charge < -0.3 is 5.11 Å². The fraction of sp³-hybridized carbons (Fsp3) is 0.600. The molecule has 0 aromatic heterocycles. The van der Waals surface area contributed by atoms with Crippen LogP contribution in [0, 0.1) is 0 Å². The first-order valence-electron chi connectivity index (χ1n) is 6.58. The Bertz CT molecular complexity index is 304. The third-order valence-electron chi connectivity index (χ3n) is 3.01. The van der Waals surface area contributed by atoms with Crippen molar-refractivity contribution in [3.05, 3.63) is 29.3 Å². The molecule has 0 saturated carbocycles. The van der Waals surface area contributed by atoms with E-state index in [1.807, 2.05) is 6.07 Å². The van der Waals surface area contributed by atoms with Gasteiger partial charge in [-0.2, -0.15) is 0 Å².